The Morgan fingerprint density at radius 2 is 2.00 bits per heavy atom. The molecular formula is C12H15BrN2. The van der Waals surface area contributed by atoms with Crippen molar-refractivity contribution in [2.45, 2.75) is 13.8 Å². The van der Waals surface area contributed by atoms with Crippen molar-refractivity contribution in [3.63, 3.8) is 0 Å². The smallest absolute Gasteiger partial charge is 0.0647 e. The molecule has 15 heavy (non-hydrogen) atoms. The number of hydrazine groups is 1. The molecule has 1 heterocycles. The van der Waals surface area contributed by atoms with Gasteiger partial charge in [0.1, 0.15) is 0 Å². The summed E-state index contributed by atoms with van der Waals surface area (Å²) in [6.07, 6.45) is 4.30. The first-order chi connectivity index (χ1) is 7.26. The van der Waals surface area contributed by atoms with Gasteiger partial charge >= 0.3 is 0 Å². The maximum atomic E-state index is 3.50. The number of nitrogens with zero attached hydrogens (tertiary/aromatic N) is 2. The number of hydrogen-bond acceptors (Lipinski definition) is 2. The van der Waals surface area contributed by atoms with Gasteiger partial charge in [-0.3, -0.25) is 10.0 Å². The van der Waals surface area contributed by atoms with E-state index in [0.29, 0.717) is 0 Å². The zero-order valence-corrected chi connectivity index (χ0v) is 10.7. The average Bonchev–Trinajstić information content (AvgIpc) is 2.27. The molecule has 0 bridgehead atoms. The number of halogens is 1. The summed E-state index contributed by atoms with van der Waals surface area (Å²) >= 11 is 3.50. The van der Waals surface area contributed by atoms with Gasteiger partial charge in [-0.15, -0.1) is 0 Å². The number of rotatable bonds is 2. The van der Waals surface area contributed by atoms with Crippen molar-refractivity contribution in [3.8, 4) is 0 Å². The molecule has 2 rings (SSSR count). The van der Waals surface area contributed by atoms with Crippen LogP contribution in [-0.4, -0.2) is 18.1 Å². The van der Waals surface area contributed by atoms with Crippen LogP contribution >= 0.6 is 15.9 Å². The van der Waals surface area contributed by atoms with Gasteiger partial charge in [0.2, 0.25) is 0 Å². The summed E-state index contributed by atoms with van der Waals surface area (Å²) in [5.74, 6) is 0. The van der Waals surface area contributed by atoms with Gasteiger partial charge in [-0.05, 0) is 38.1 Å². The third-order valence-electron chi connectivity index (χ3n) is 2.63. The second kappa shape index (κ2) is 4.27. The lowest BCUT2D eigenvalue weighted by Gasteiger charge is -2.38. The zero-order chi connectivity index (χ0) is 10.8. The van der Waals surface area contributed by atoms with Crippen molar-refractivity contribution in [3.05, 3.63) is 34.4 Å². The number of benzene rings is 1. The Balaban J connectivity index is 2.44. The van der Waals surface area contributed by atoms with Gasteiger partial charge in [0.15, 0.2) is 0 Å². The Labute approximate surface area is 99.3 Å². The van der Waals surface area contributed by atoms with E-state index in [2.05, 4.69) is 70.3 Å². The largest absolute Gasteiger partial charge is 0.293 e. The molecule has 0 amide bonds. The predicted molar refractivity (Wildman–Crippen MR) is 68.6 cm³/mol. The number of hydrogen-bond donors (Lipinski definition) is 0. The highest BCUT2D eigenvalue weighted by atomic mass is 79.9. The van der Waals surface area contributed by atoms with Crippen LogP contribution < -0.4 is 5.01 Å². The van der Waals surface area contributed by atoms with E-state index in [9.17, 15) is 0 Å². The number of anilines is 1. The molecule has 0 unspecified atom stereocenters. The molecule has 1 aromatic rings. The topological polar surface area (TPSA) is 6.48 Å². The van der Waals surface area contributed by atoms with E-state index in [1.807, 2.05) is 0 Å². The summed E-state index contributed by atoms with van der Waals surface area (Å²) in [5, 5.41) is 4.53. The summed E-state index contributed by atoms with van der Waals surface area (Å²) in [4.78, 5) is 0. The fourth-order valence-corrected chi connectivity index (χ4v) is 2.29. The molecule has 0 fully saturated rings. The van der Waals surface area contributed by atoms with E-state index in [0.717, 1.165) is 17.6 Å². The molecule has 0 aliphatic carbocycles. The van der Waals surface area contributed by atoms with Gasteiger partial charge < -0.3 is 0 Å². The van der Waals surface area contributed by atoms with Crippen LogP contribution in [0.25, 0.3) is 6.08 Å². The highest BCUT2D eigenvalue weighted by Gasteiger charge is 2.16. The lowest BCUT2D eigenvalue weighted by molar-refractivity contribution is 0.364. The minimum atomic E-state index is 0.993. The van der Waals surface area contributed by atoms with E-state index >= 15 is 0 Å². The minimum absolute atomic E-state index is 0.993. The molecule has 0 N–H and O–H groups in total. The summed E-state index contributed by atoms with van der Waals surface area (Å²) in [7, 11) is 0. The Morgan fingerprint density at radius 3 is 2.67 bits per heavy atom. The molecule has 3 heteroatoms. The lowest BCUT2D eigenvalue weighted by atomic mass is 10.1. The first kappa shape index (κ1) is 10.6. The van der Waals surface area contributed by atoms with Gasteiger partial charge in [-0.1, -0.05) is 15.9 Å². The maximum Gasteiger partial charge on any atom is 0.0647 e. The van der Waals surface area contributed by atoms with Crippen molar-refractivity contribution in [2.75, 3.05) is 18.1 Å². The Kier molecular flexibility index (Phi) is 3.00. The Morgan fingerprint density at radius 1 is 1.20 bits per heavy atom. The van der Waals surface area contributed by atoms with Gasteiger partial charge in [-0.25, -0.2) is 0 Å². The fourth-order valence-electron chi connectivity index (χ4n) is 1.91. The highest BCUT2D eigenvalue weighted by molar-refractivity contribution is 9.10. The molecule has 0 saturated heterocycles. The fraction of sp³-hybridized carbons (Fsp3) is 0.333. The van der Waals surface area contributed by atoms with Crippen LogP contribution in [0.15, 0.2) is 28.9 Å². The summed E-state index contributed by atoms with van der Waals surface area (Å²) in [5.41, 5.74) is 2.56. The van der Waals surface area contributed by atoms with Crippen LogP contribution in [0, 0.1) is 0 Å². The molecule has 1 aromatic carbocycles. The Hall–Kier alpha value is -0.960. The van der Waals surface area contributed by atoms with E-state index in [-0.39, 0.29) is 0 Å². The second-order valence-corrected chi connectivity index (χ2v) is 4.41. The van der Waals surface area contributed by atoms with Gasteiger partial charge in [0.05, 0.1) is 5.69 Å². The van der Waals surface area contributed by atoms with Gasteiger partial charge in [0, 0.05) is 29.3 Å². The summed E-state index contributed by atoms with van der Waals surface area (Å²) in [6, 6.07) is 6.41. The quantitative estimate of drug-likeness (QED) is 0.809. The van der Waals surface area contributed by atoms with E-state index < -0.39 is 0 Å². The van der Waals surface area contributed by atoms with E-state index in [4.69, 9.17) is 0 Å². The standard InChI is InChI=1S/C12H15BrN2/c1-3-14-8-7-10-9-11(13)5-6-12(10)15(14)4-2/h5-9H,3-4H2,1-2H3. The molecule has 80 valence electrons. The van der Waals surface area contributed by atoms with Crippen LogP contribution in [-0.2, 0) is 0 Å². The zero-order valence-electron chi connectivity index (χ0n) is 9.07. The van der Waals surface area contributed by atoms with Crippen molar-refractivity contribution >= 4 is 27.7 Å². The maximum absolute atomic E-state index is 3.50. The minimum Gasteiger partial charge on any atom is -0.293 e. The molecule has 0 radical (unpaired) electrons. The first-order valence-electron chi connectivity index (χ1n) is 5.28. The van der Waals surface area contributed by atoms with Crippen molar-refractivity contribution in [1.82, 2.24) is 5.01 Å². The molecular weight excluding hydrogens is 252 g/mol. The van der Waals surface area contributed by atoms with Crippen LogP contribution in [0.1, 0.15) is 19.4 Å². The monoisotopic (exact) mass is 266 g/mol. The van der Waals surface area contributed by atoms with E-state index in [1.165, 1.54) is 11.3 Å². The second-order valence-electron chi connectivity index (χ2n) is 3.49. The SMILES string of the molecule is CCN1C=Cc2cc(Br)ccc2N1CC. The van der Waals surface area contributed by atoms with Gasteiger partial charge in [-0.2, -0.15) is 0 Å². The normalized spacial score (nSPS) is 14.3. The molecule has 0 saturated carbocycles. The molecule has 0 aromatic heterocycles. The summed E-state index contributed by atoms with van der Waals surface area (Å²) < 4.78 is 1.13. The lowest BCUT2D eigenvalue weighted by Crippen LogP contribution is -2.40. The van der Waals surface area contributed by atoms with Crippen LogP contribution in [0.3, 0.4) is 0 Å². The molecule has 2 nitrogen and oxygen atoms in total. The Bertz CT molecular complexity index is 387. The van der Waals surface area contributed by atoms with Crippen LogP contribution in [0.2, 0.25) is 0 Å². The van der Waals surface area contributed by atoms with Crippen molar-refractivity contribution in [1.29, 1.82) is 0 Å². The third-order valence-corrected chi connectivity index (χ3v) is 3.12. The summed E-state index contributed by atoms with van der Waals surface area (Å²) in [6.45, 7) is 6.33. The molecule has 1 aliphatic heterocycles. The van der Waals surface area contributed by atoms with Gasteiger partial charge in [0.25, 0.3) is 0 Å². The van der Waals surface area contributed by atoms with E-state index in [1.54, 1.807) is 0 Å². The van der Waals surface area contributed by atoms with Crippen molar-refractivity contribution < 1.29 is 0 Å². The average molecular weight is 267 g/mol. The molecule has 0 spiro atoms. The predicted octanol–water partition coefficient (Wildman–Crippen LogP) is 3.50. The van der Waals surface area contributed by atoms with Crippen molar-refractivity contribution in [2.24, 2.45) is 0 Å². The third kappa shape index (κ3) is 1.88. The number of fused-ring (bicyclic) bond motifs is 1. The highest BCUT2D eigenvalue weighted by Crippen LogP contribution is 2.30. The first-order valence-corrected chi connectivity index (χ1v) is 6.07. The molecule has 0 atom stereocenters. The van der Waals surface area contributed by atoms with Crippen LogP contribution in [0.5, 0.6) is 0 Å². The molecule has 1 aliphatic rings. The van der Waals surface area contributed by atoms with Crippen LogP contribution in [0.4, 0.5) is 5.69 Å².